The number of hydrogen-bond donors (Lipinski definition) is 0. The van der Waals surface area contributed by atoms with Crippen LogP contribution in [0, 0.1) is 23.7 Å². The van der Waals surface area contributed by atoms with Crippen LogP contribution in [0.2, 0.25) is 0 Å². The molecule has 0 N–H and O–H groups in total. The minimum atomic E-state index is 0.201. The molecule has 1 aliphatic rings. The maximum absolute atomic E-state index is 11.4. The quantitative estimate of drug-likeness (QED) is 0.707. The second-order valence-corrected chi connectivity index (χ2v) is 6.03. The van der Waals surface area contributed by atoms with E-state index in [-0.39, 0.29) is 5.91 Å². The topological polar surface area (TPSA) is 20.3 Å². The number of carbonyl (C=O) groups excluding carboxylic acids is 1. The molecule has 0 aromatic carbocycles. The average Bonchev–Trinajstić information content (AvgIpc) is 2.19. The Morgan fingerprint density at radius 3 is 2.19 bits per heavy atom. The van der Waals surface area contributed by atoms with Gasteiger partial charge in [0.2, 0.25) is 5.91 Å². The van der Waals surface area contributed by atoms with Crippen molar-refractivity contribution in [1.82, 2.24) is 4.90 Å². The van der Waals surface area contributed by atoms with Gasteiger partial charge in [-0.25, -0.2) is 0 Å². The first-order valence-corrected chi connectivity index (χ1v) is 6.58. The van der Waals surface area contributed by atoms with Crippen LogP contribution in [0.25, 0.3) is 0 Å². The normalized spacial score (nSPS) is 35.2. The van der Waals surface area contributed by atoms with Crippen molar-refractivity contribution >= 4 is 5.91 Å². The van der Waals surface area contributed by atoms with Crippen molar-refractivity contribution in [3.63, 3.8) is 0 Å². The van der Waals surface area contributed by atoms with E-state index in [0.717, 1.165) is 17.8 Å². The van der Waals surface area contributed by atoms with E-state index in [1.165, 1.54) is 12.8 Å². The molecule has 4 unspecified atom stereocenters. The fourth-order valence-electron chi connectivity index (χ4n) is 3.31. The smallest absolute Gasteiger partial charge is 0.219 e. The van der Waals surface area contributed by atoms with Crippen LogP contribution in [0.5, 0.6) is 0 Å². The Balaban J connectivity index is 2.70. The van der Waals surface area contributed by atoms with Crippen LogP contribution >= 0.6 is 0 Å². The van der Waals surface area contributed by atoms with E-state index in [1.807, 2.05) is 11.9 Å². The number of hydrogen-bond acceptors (Lipinski definition) is 1. The van der Waals surface area contributed by atoms with Crippen LogP contribution < -0.4 is 0 Å². The molecule has 0 saturated heterocycles. The molecule has 0 bridgehead atoms. The maximum atomic E-state index is 11.4. The first-order chi connectivity index (χ1) is 7.34. The van der Waals surface area contributed by atoms with Gasteiger partial charge in [0.1, 0.15) is 0 Å². The van der Waals surface area contributed by atoms with Crippen molar-refractivity contribution in [2.75, 3.05) is 7.05 Å². The Bertz CT molecular complexity index is 249. The third-order valence-corrected chi connectivity index (χ3v) is 4.50. The molecule has 1 fully saturated rings. The van der Waals surface area contributed by atoms with Gasteiger partial charge < -0.3 is 4.90 Å². The summed E-state index contributed by atoms with van der Waals surface area (Å²) >= 11 is 0. The van der Waals surface area contributed by atoms with Crippen LogP contribution in [0.3, 0.4) is 0 Å². The summed E-state index contributed by atoms with van der Waals surface area (Å²) in [6.07, 6.45) is 2.43. The Morgan fingerprint density at radius 1 is 1.19 bits per heavy atom. The molecule has 94 valence electrons. The molecule has 0 aliphatic heterocycles. The van der Waals surface area contributed by atoms with Crippen molar-refractivity contribution in [2.45, 2.75) is 53.5 Å². The van der Waals surface area contributed by atoms with Crippen molar-refractivity contribution < 1.29 is 4.79 Å². The molecular weight excluding hydrogens is 198 g/mol. The van der Waals surface area contributed by atoms with E-state index >= 15 is 0 Å². The highest BCUT2D eigenvalue weighted by Crippen LogP contribution is 2.39. The monoisotopic (exact) mass is 225 g/mol. The van der Waals surface area contributed by atoms with Crippen molar-refractivity contribution in [2.24, 2.45) is 23.7 Å². The van der Waals surface area contributed by atoms with E-state index in [1.54, 1.807) is 6.92 Å². The van der Waals surface area contributed by atoms with Crippen LogP contribution in [0.1, 0.15) is 47.5 Å². The summed E-state index contributed by atoms with van der Waals surface area (Å²) in [5.74, 6) is 3.17. The third kappa shape index (κ3) is 2.78. The Hall–Kier alpha value is -0.530. The molecule has 1 aliphatic carbocycles. The largest absolute Gasteiger partial charge is 0.343 e. The first-order valence-electron chi connectivity index (χ1n) is 6.58. The third-order valence-electron chi connectivity index (χ3n) is 4.50. The summed E-state index contributed by atoms with van der Waals surface area (Å²) < 4.78 is 0. The van der Waals surface area contributed by atoms with Crippen LogP contribution in [0.15, 0.2) is 0 Å². The summed E-state index contributed by atoms with van der Waals surface area (Å²) in [4.78, 5) is 13.4. The van der Waals surface area contributed by atoms with Crippen molar-refractivity contribution in [3.8, 4) is 0 Å². The lowest BCUT2D eigenvalue weighted by atomic mass is 9.68. The molecule has 1 amide bonds. The second-order valence-electron chi connectivity index (χ2n) is 6.03. The molecule has 0 aromatic rings. The van der Waals surface area contributed by atoms with Crippen LogP contribution in [-0.2, 0) is 4.79 Å². The minimum absolute atomic E-state index is 0.201. The fraction of sp³-hybridized carbons (Fsp3) is 0.929. The molecule has 1 rings (SSSR count). The van der Waals surface area contributed by atoms with E-state index in [0.29, 0.717) is 12.0 Å². The van der Waals surface area contributed by atoms with Crippen molar-refractivity contribution in [3.05, 3.63) is 0 Å². The van der Waals surface area contributed by atoms with E-state index < -0.39 is 0 Å². The maximum Gasteiger partial charge on any atom is 0.219 e. The Kier molecular flexibility index (Phi) is 4.40. The number of rotatable bonds is 2. The molecule has 16 heavy (non-hydrogen) atoms. The highest BCUT2D eigenvalue weighted by Gasteiger charge is 2.36. The molecule has 2 heteroatoms. The molecule has 2 nitrogen and oxygen atoms in total. The average molecular weight is 225 g/mol. The van der Waals surface area contributed by atoms with Gasteiger partial charge in [-0.1, -0.05) is 27.7 Å². The molecule has 0 spiro atoms. The number of carbonyl (C=O) groups is 1. The minimum Gasteiger partial charge on any atom is -0.343 e. The SMILES string of the molecule is CC(=O)N(C)C1CC(C)C(C(C)C)CC1C. The lowest BCUT2D eigenvalue weighted by molar-refractivity contribution is -0.132. The zero-order valence-electron chi connectivity index (χ0n) is 11.7. The van der Waals surface area contributed by atoms with Gasteiger partial charge in [0.15, 0.2) is 0 Å². The summed E-state index contributed by atoms with van der Waals surface area (Å²) in [6, 6.07) is 0.447. The fourth-order valence-corrected chi connectivity index (χ4v) is 3.31. The lowest BCUT2D eigenvalue weighted by Crippen LogP contribution is -2.46. The van der Waals surface area contributed by atoms with Crippen LogP contribution in [0.4, 0.5) is 0 Å². The highest BCUT2D eigenvalue weighted by molar-refractivity contribution is 5.73. The van der Waals surface area contributed by atoms with E-state index in [2.05, 4.69) is 27.7 Å². The Morgan fingerprint density at radius 2 is 1.75 bits per heavy atom. The van der Waals surface area contributed by atoms with Gasteiger partial charge in [-0.15, -0.1) is 0 Å². The molecule has 0 heterocycles. The van der Waals surface area contributed by atoms with Gasteiger partial charge in [-0.3, -0.25) is 4.79 Å². The number of amides is 1. The summed E-state index contributed by atoms with van der Waals surface area (Å²) in [6.45, 7) is 11.0. The zero-order valence-corrected chi connectivity index (χ0v) is 11.7. The van der Waals surface area contributed by atoms with Crippen molar-refractivity contribution in [1.29, 1.82) is 0 Å². The van der Waals surface area contributed by atoms with Gasteiger partial charge in [-0.05, 0) is 36.5 Å². The van der Waals surface area contributed by atoms with Crippen LogP contribution in [-0.4, -0.2) is 23.9 Å². The predicted molar refractivity (Wildman–Crippen MR) is 68.1 cm³/mol. The molecule has 1 saturated carbocycles. The summed E-state index contributed by atoms with van der Waals surface area (Å²) in [5, 5.41) is 0. The van der Waals surface area contributed by atoms with Gasteiger partial charge in [0.05, 0.1) is 0 Å². The van der Waals surface area contributed by atoms with E-state index in [9.17, 15) is 4.79 Å². The Labute approximate surface area is 100 Å². The standard InChI is InChI=1S/C14H27NO/c1-9(2)13-7-11(4)14(8-10(13)3)15(6)12(5)16/h9-11,13-14H,7-8H2,1-6H3. The van der Waals surface area contributed by atoms with Gasteiger partial charge in [-0.2, -0.15) is 0 Å². The van der Waals surface area contributed by atoms with Gasteiger partial charge in [0.25, 0.3) is 0 Å². The molecule has 4 atom stereocenters. The summed E-state index contributed by atoms with van der Waals surface area (Å²) in [7, 11) is 1.95. The van der Waals surface area contributed by atoms with E-state index in [4.69, 9.17) is 0 Å². The predicted octanol–water partition coefficient (Wildman–Crippen LogP) is 3.17. The lowest BCUT2D eigenvalue weighted by Gasteiger charge is -2.44. The van der Waals surface area contributed by atoms with Gasteiger partial charge >= 0.3 is 0 Å². The highest BCUT2D eigenvalue weighted by atomic mass is 16.2. The molecule has 0 radical (unpaired) electrons. The first kappa shape index (κ1) is 13.5. The number of nitrogens with zero attached hydrogens (tertiary/aromatic N) is 1. The molecular formula is C14H27NO. The molecule has 0 aromatic heterocycles. The summed E-state index contributed by atoms with van der Waals surface area (Å²) in [5.41, 5.74) is 0. The zero-order chi connectivity index (χ0) is 12.5. The van der Waals surface area contributed by atoms with Gasteiger partial charge in [0, 0.05) is 20.0 Å². The second kappa shape index (κ2) is 5.20.